The van der Waals surface area contributed by atoms with Gasteiger partial charge in [0.1, 0.15) is 5.75 Å². The maximum absolute atomic E-state index is 6.15. The van der Waals surface area contributed by atoms with Crippen LogP contribution >= 0.6 is 60.4 Å². The van der Waals surface area contributed by atoms with E-state index in [9.17, 15) is 0 Å². The Kier molecular flexibility index (Phi) is 6.77. The quantitative estimate of drug-likeness (QED) is 0.371. The molecule has 0 atom stereocenters. The highest BCUT2D eigenvalue weighted by Crippen LogP contribution is 2.40. The third-order valence-electron chi connectivity index (χ3n) is 3.99. The SMILES string of the molecule is SCC1(COc2c(Br)cc(Br)cc2Br)CCCCCC1. The van der Waals surface area contributed by atoms with E-state index in [0.717, 1.165) is 31.5 Å². The van der Waals surface area contributed by atoms with Gasteiger partial charge in [-0.05, 0) is 62.6 Å². The molecule has 112 valence electrons. The smallest absolute Gasteiger partial charge is 0.147 e. The molecule has 0 amide bonds. The molecule has 5 heteroatoms. The highest BCUT2D eigenvalue weighted by molar-refractivity contribution is 9.11. The van der Waals surface area contributed by atoms with Gasteiger partial charge < -0.3 is 4.74 Å². The fourth-order valence-electron chi connectivity index (χ4n) is 2.72. The monoisotopic (exact) mass is 484 g/mol. The predicted octanol–water partition coefficient (Wildman–Crippen LogP) is 6.62. The normalized spacial score (nSPS) is 18.6. The summed E-state index contributed by atoms with van der Waals surface area (Å²) in [7, 11) is 0. The van der Waals surface area contributed by atoms with Crippen LogP contribution in [0.15, 0.2) is 25.6 Å². The second-order valence-corrected chi connectivity index (χ2v) is 8.50. The Morgan fingerprint density at radius 3 is 2.05 bits per heavy atom. The molecule has 0 N–H and O–H groups in total. The molecule has 0 heterocycles. The number of benzene rings is 1. The molecule has 0 radical (unpaired) electrons. The first kappa shape index (κ1) is 17.2. The van der Waals surface area contributed by atoms with Crippen molar-refractivity contribution in [1.29, 1.82) is 0 Å². The van der Waals surface area contributed by atoms with E-state index in [1.807, 2.05) is 12.1 Å². The number of hydrogen-bond acceptors (Lipinski definition) is 2. The standard InChI is InChI=1S/C15H19Br3OS/c16-11-7-12(17)14(13(18)8-11)19-9-15(10-20)5-3-1-2-4-6-15/h7-8,20H,1-6,9-10H2. The third-order valence-corrected chi connectivity index (χ3v) is 6.29. The third kappa shape index (κ3) is 4.40. The summed E-state index contributed by atoms with van der Waals surface area (Å²) in [5.41, 5.74) is 0.228. The molecular weight excluding hydrogens is 468 g/mol. The molecule has 0 aromatic heterocycles. The molecule has 1 aromatic carbocycles. The van der Waals surface area contributed by atoms with Crippen molar-refractivity contribution < 1.29 is 4.74 Å². The lowest BCUT2D eigenvalue weighted by Crippen LogP contribution is -2.30. The molecule has 1 fully saturated rings. The molecule has 2 rings (SSSR count). The maximum atomic E-state index is 6.15. The molecule has 1 aliphatic rings. The van der Waals surface area contributed by atoms with Crippen molar-refractivity contribution in [2.75, 3.05) is 12.4 Å². The maximum Gasteiger partial charge on any atom is 0.147 e. The van der Waals surface area contributed by atoms with Crippen LogP contribution in [0.1, 0.15) is 38.5 Å². The zero-order valence-electron chi connectivity index (χ0n) is 11.3. The van der Waals surface area contributed by atoms with Gasteiger partial charge in [-0.1, -0.05) is 41.6 Å². The molecule has 0 unspecified atom stereocenters. The van der Waals surface area contributed by atoms with Crippen molar-refractivity contribution in [3.63, 3.8) is 0 Å². The highest BCUT2D eigenvalue weighted by Gasteiger charge is 2.31. The van der Waals surface area contributed by atoms with E-state index >= 15 is 0 Å². The van der Waals surface area contributed by atoms with E-state index in [-0.39, 0.29) is 5.41 Å². The topological polar surface area (TPSA) is 9.23 Å². The lowest BCUT2D eigenvalue weighted by atomic mass is 9.83. The number of ether oxygens (including phenoxy) is 1. The first-order valence-electron chi connectivity index (χ1n) is 6.94. The Morgan fingerprint density at radius 1 is 1.00 bits per heavy atom. The van der Waals surface area contributed by atoms with Crippen molar-refractivity contribution in [2.45, 2.75) is 38.5 Å². The van der Waals surface area contributed by atoms with Gasteiger partial charge in [0.15, 0.2) is 0 Å². The van der Waals surface area contributed by atoms with Gasteiger partial charge in [-0.3, -0.25) is 0 Å². The van der Waals surface area contributed by atoms with E-state index in [1.54, 1.807) is 0 Å². The summed E-state index contributed by atoms with van der Waals surface area (Å²) >= 11 is 15.2. The summed E-state index contributed by atoms with van der Waals surface area (Å²) in [6, 6.07) is 4.03. The largest absolute Gasteiger partial charge is 0.491 e. The Balaban J connectivity index is 2.10. The molecule has 20 heavy (non-hydrogen) atoms. The first-order chi connectivity index (χ1) is 9.56. The number of thiol groups is 1. The van der Waals surface area contributed by atoms with Gasteiger partial charge >= 0.3 is 0 Å². The fraction of sp³-hybridized carbons (Fsp3) is 0.600. The molecular formula is C15H19Br3OS. The molecule has 1 aromatic rings. The highest BCUT2D eigenvalue weighted by atomic mass is 79.9. The van der Waals surface area contributed by atoms with Crippen LogP contribution in [0.25, 0.3) is 0 Å². The predicted molar refractivity (Wildman–Crippen MR) is 99.0 cm³/mol. The summed E-state index contributed by atoms with van der Waals surface area (Å²) in [6.07, 6.45) is 7.74. The van der Waals surface area contributed by atoms with Crippen LogP contribution in [0, 0.1) is 5.41 Å². The summed E-state index contributed by atoms with van der Waals surface area (Å²) in [6.45, 7) is 0.745. The lowest BCUT2D eigenvalue weighted by Gasteiger charge is -2.31. The second-order valence-electron chi connectivity index (χ2n) is 5.56. The van der Waals surface area contributed by atoms with Gasteiger partial charge in [0.2, 0.25) is 0 Å². The first-order valence-corrected chi connectivity index (χ1v) is 9.96. The van der Waals surface area contributed by atoms with Crippen LogP contribution in [-0.2, 0) is 0 Å². The van der Waals surface area contributed by atoms with E-state index in [4.69, 9.17) is 4.74 Å². The van der Waals surface area contributed by atoms with Crippen molar-refractivity contribution in [3.8, 4) is 5.75 Å². The molecule has 0 spiro atoms. The van der Waals surface area contributed by atoms with Gasteiger partial charge in [-0.15, -0.1) is 0 Å². The van der Waals surface area contributed by atoms with Crippen molar-refractivity contribution >= 4 is 60.4 Å². The van der Waals surface area contributed by atoms with Crippen molar-refractivity contribution in [3.05, 3.63) is 25.6 Å². The summed E-state index contributed by atoms with van der Waals surface area (Å²) in [5, 5.41) is 0. The minimum Gasteiger partial charge on any atom is -0.491 e. The van der Waals surface area contributed by atoms with Crippen LogP contribution in [0.2, 0.25) is 0 Å². The Morgan fingerprint density at radius 2 is 1.55 bits per heavy atom. The Bertz CT molecular complexity index is 433. The fourth-order valence-corrected chi connectivity index (χ4v) is 5.61. The summed E-state index contributed by atoms with van der Waals surface area (Å²) < 4.78 is 9.13. The van der Waals surface area contributed by atoms with Crippen LogP contribution in [0.5, 0.6) is 5.75 Å². The zero-order valence-corrected chi connectivity index (χ0v) is 17.0. The number of rotatable bonds is 4. The zero-order chi connectivity index (χ0) is 14.6. The molecule has 1 aliphatic carbocycles. The Labute approximate surface area is 152 Å². The van der Waals surface area contributed by atoms with Crippen LogP contribution in [0.4, 0.5) is 0 Å². The van der Waals surface area contributed by atoms with Crippen LogP contribution in [0.3, 0.4) is 0 Å². The minimum atomic E-state index is 0.228. The van der Waals surface area contributed by atoms with Gasteiger partial charge in [0, 0.05) is 9.89 Å². The molecule has 1 saturated carbocycles. The van der Waals surface area contributed by atoms with Crippen molar-refractivity contribution in [2.24, 2.45) is 5.41 Å². The van der Waals surface area contributed by atoms with E-state index in [0.29, 0.717) is 0 Å². The Hall–Kier alpha value is 0.810. The summed E-state index contributed by atoms with van der Waals surface area (Å²) in [4.78, 5) is 0. The molecule has 0 aliphatic heterocycles. The van der Waals surface area contributed by atoms with Gasteiger partial charge in [0.25, 0.3) is 0 Å². The van der Waals surface area contributed by atoms with Crippen LogP contribution in [-0.4, -0.2) is 12.4 Å². The van der Waals surface area contributed by atoms with E-state index < -0.39 is 0 Å². The van der Waals surface area contributed by atoms with Crippen LogP contribution < -0.4 is 4.74 Å². The molecule has 0 saturated heterocycles. The molecule has 1 nitrogen and oxygen atoms in total. The number of halogens is 3. The lowest BCUT2D eigenvalue weighted by molar-refractivity contribution is 0.147. The van der Waals surface area contributed by atoms with Gasteiger partial charge in [0.05, 0.1) is 15.6 Å². The van der Waals surface area contributed by atoms with Gasteiger partial charge in [-0.25, -0.2) is 0 Å². The molecule has 0 bridgehead atoms. The average molecular weight is 487 g/mol. The second kappa shape index (κ2) is 7.89. The van der Waals surface area contributed by atoms with Crippen molar-refractivity contribution in [1.82, 2.24) is 0 Å². The summed E-state index contributed by atoms with van der Waals surface area (Å²) in [5.74, 6) is 1.79. The number of hydrogen-bond donors (Lipinski definition) is 1. The van der Waals surface area contributed by atoms with Gasteiger partial charge in [-0.2, -0.15) is 12.6 Å². The minimum absolute atomic E-state index is 0.228. The average Bonchev–Trinajstić information content (AvgIpc) is 2.63. The van der Waals surface area contributed by atoms with E-state index in [2.05, 4.69) is 60.4 Å². The van der Waals surface area contributed by atoms with E-state index in [1.165, 1.54) is 38.5 Å².